The van der Waals surface area contributed by atoms with Crippen molar-refractivity contribution in [3.8, 4) is 11.8 Å². The highest BCUT2D eigenvalue weighted by atomic mass is 19.1. The second-order valence-electron chi connectivity index (χ2n) is 5.68. The number of nitrogens with zero attached hydrogens (tertiary/aromatic N) is 3. The molecule has 4 rings (SSSR count). The molecule has 2 aromatic carbocycles. The number of aryl methyl sites for hydroxylation is 1. The minimum absolute atomic E-state index is 0.0379. The second kappa shape index (κ2) is 5.49. The van der Waals surface area contributed by atoms with Gasteiger partial charge in [-0.2, -0.15) is 9.78 Å². The number of fused-ring (bicyclic) bond motifs is 1. The van der Waals surface area contributed by atoms with Crippen LogP contribution in [0.4, 0.5) is 4.39 Å². The molecular weight excluding hydrogens is 307 g/mol. The first kappa shape index (κ1) is 14.4. The number of benzene rings is 2. The van der Waals surface area contributed by atoms with Crippen molar-refractivity contribution in [3.05, 3.63) is 71.2 Å². The summed E-state index contributed by atoms with van der Waals surface area (Å²) >= 11 is 0. The molecule has 2 heterocycles. The summed E-state index contributed by atoms with van der Waals surface area (Å²) in [5.41, 5.74) is 3.98. The molecule has 0 atom stereocenters. The Hall–Kier alpha value is -3.15. The van der Waals surface area contributed by atoms with Gasteiger partial charge in [0.25, 0.3) is 0 Å². The van der Waals surface area contributed by atoms with Gasteiger partial charge in [0.05, 0.1) is 16.7 Å². The Morgan fingerprint density at radius 1 is 1.12 bits per heavy atom. The van der Waals surface area contributed by atoms with Crippen LogP contribution < -0.4 is 0 Å². The Morgan fingerprint density at radius 3 is 2.62 bits per heavy atom. The van der Waals surface area contributed by atoms with Crippen molar-refractivity contribution in [2.75, 3.05) is 0 Å². The van der Waals surface area contributed by atoms with Gasteiger partial charge < -0.3 is 10.1 Å². The lowest BCUT2D eigenvalue weighted by atomic mass is 10.1. The van der Waals surface area contributed by atoms with Crippen LogP contribution >= 0.6 is 0 Å². The fraction of sp³-hybridized carbons (Fsp3) is 0.111. The van der Waals surface area contributed by atoms with E-state index in [1.54, 1.807) is 12.1 Å². The van der Waals surface area contributed by atoms with E-state index in [0.29, 0.717) is 23.6 Å². The van der Waals surface area contributed by atoms with E-state index in [-0.39, 0.29) is 11.7 Å². The Bertz CT molecular complexity index is 984. The summed E-state index contributed by atoms with van der Waals surface area (Å²) in [5, 5.41) is 15.0. The van der Waals surface area contributed by atoms with Gasteiger partial charge in [-0.25, -0.2) is 9.37 Å². The van der Waals surface area contributed by atoms with E-state index >= 15 is 0 Å². The van der Waals surface area contributed by atoms with Gasteiger partial charge in [-0.15, -0.1) is 0 Å². The third-order valence-electron chi connectivity index (χ3n) is 4.03. The molecule has 0 aliphatic carbocycles. The number of nitrogens with one attached hydrogen (secondary N) is 1. The van der Waals surface area contributed by atoms with Crippen LogP contribution in [0.2, 0.25) is 0 Å². The minimum atomic E-state index is -0.280. The van der Waals surface area contributed by atoms with Crippen molar-refractivity contribution in [3.63, 3.8) is 0 Å². The number of halogens is 1. The molecule has 0 aliphatic heterocycles. The average molecular weight is 322 g/mol. The molecule has 24 heavy (non-hydrogen) atoms. The molecule has 2 N–H and O–H groups in total. The van der Waals surface area contributed by atoms with Crippen LogP contribution in [0.25, 0.3) is 17.0 Å². The number of imidazole rings is 1. The molecule has 0 saturated heterocycles. The van der Waals surface area contributed by atoms with Crippen molar-refractivity contribution in [1.29, 1.82) is 0 Å². The normalized spacial score (nSPS) is 11.2. The summed E-state index contributed by atoms with van der Waals surface area (Å²) in [6, 6.07) is 13.8. The molecule has 0 bridgehead atoms. The van der Waals surface area contributed by atoms with Crippen molar-refractivity contribution >= 4 is 11.0 Å². The lowest BCUT2D eigenvalue weighted by Crippen LogP contribution is -1.98. The number of aromatic nitrogens is 4. The van der Waals surface area contributed by atoms with E-state index in [9.17, 15) is 9.50 Å². The molecule has 0 radical (unpaired) electrons. The Morgan fingerprint density at radius 2 is 1.88 bits per heavy atom. The topological polar surface area (TPSA) is 66.7 Å². The first-order valence-corrected chi connectivity index (χ1v) is 7.59. The number of aromatic amines is 1. The van der Waals surface area contributed by atoms with E-state index < -0.39 is 0 Å². The van der Waals surface area contributed by atoms with Crippen molar-refractivity contribution in [2.24, 2.45) is 0 Å². The average Bonchev–Trinajstić information content (AvgIpc) is 3.12. The third-order valence-corrected chi connectivity index (χ3v) is 4.03. The molecule has 0 spiro atoms. The van der Waals surface area contributed by atoms with Crippen molar-refractivity contribution < 1.29 is 9.50 Å². The van der Waals surface area contributed by atoms with Crippen LogP contribution in [0.1, 0.15) is 16.8 Å². The van der Waals surface area contributed by atoms with E-state index in [1.807, 2.05) is 31.2 Å². The minimum Gasteiger partial charge on any atom is -0.493 e. The van der Waals surface area contributed by atoms with Crippen LogP contribution in [0, 0.1) is 12.7 Å². The third kappa shape index (κ3) is 2.42. The van der Waals surface area contributed by atoms with Crippen molar-refractivity contribution in [2.45, 2.75) is 13.3 Å². The van der Waals surface area contributed by atoms with Gasteiger partial charge in [-0.1, -0.05) is 24.3 Å². The first-order chi connectivity index (χ1) is 11.6. The number of para-hydroxylation sites is 2. The van der Waals surface area contributed by atoms with Crippen LogP contribution in [-0.4, -0.2) is 24.9 Å². The highest BCUT2D eigenvalue weighted by Crippen LogP contribution is 2.27. The first-order valence-electron chi connectivity index (χ1n) is 7.59. The zero-order valence-electron chi connectivity index (χ0n) is 13.0. The lowest BCUT2D eigenvalue weighted by molar-refractivity contribution is 0.426. The molecule has 0 fully saturated rings. The summed E-state index contributed by atoms with van der Waals surface area (Å²) in [6.07, 6.45) is 0.470. The van der Waals surface area contributed by atoms with E-state index in [0.717, 1.165) is 16.6 Å². The molecule has 4 aromatic rings. The zero-order valence-corrected chi connectivity index (χ0v) is 13.0. The molecule has 0 aliphatic rings. The Labute approximate surface area is 137 Å². The second-order valence-corrected chi connectivity index (χ2v) is 5.68. The molecule has 120 valence electrons. The SMILES string of the molecule is Cc1nn(-c2nc3ccccc3[nH]2)c(O)c1Cc1ccc(F)cc1. The van der Waals surface area contributed by atoms with Crippen LogP contribution in [-0.2, 0) is 6.42 Å². The van der Waals surface area contributed by atoms with Crippen LogP contribution in [0.15, 0.2) is 48.5 Å². The van der Waals surface area contributed by atoms with E-state index in [1.165, 1.54) is 16.8 Å². The summed E-state index contributed by atoms with van der Waals surface area (Å²) < 4.78 is 14.4. The molecular formula is C18H15FN4O. The number of hydrogen-bond donors (Lipinski definition) is 2. The van der Waals surface area contributed by atoms with Gasteiger partial charge in [0, 0.05) is 12.0 Å². The van der Waals surface area contributed by atoms with E-state index in [2.05, 4.69) is 15.1 Å². The number of H-pyrrole nitrogens is 1. The maximum atomic E-state index is 13.0. The van der Waals surface area contributed by atoms with Gasteiger partial charge in [0.1, 0.15) is 5.82 Å². The summed E-state index contributed by atoms with van der Waals surface area (Å²) in [7, 11) is 0. The quantitative estimate of drug-likeness (QED) is 0.607. The summed E-state index contributed by atoms with van der Waals surface area (Å²) in [6.45, 7) is 1.83. The van der Waals surface area contributed by atoms with Crippen LogP contribution in [0.5, 0.6) is 5.88 Å². The molecule has 5 nitrogen and oxygen atoms in total. The summed E-state index contributed by atoms with van der Waals surface area (Å²) in [4.78, 5) is 7.60. The Balaban J connectivity index is 1.74. The molecule has 0 amide bonds. The monoisotopic (exact) mass is 322 g/mol. The van der Waals surface area contributed by atoms with E-state index in [4.69, 9.17) is 0 Å². The van der Waals surface area contributed by atoms with Crippen molar-refractivity contribution in [1.82, 2.24) is 19.7 Å². The predicted molar refractivity (Wildman–Crippen MR) is 88.8 cm³/mol. The number of rotatable bonds is 3. The molecule has 2 aromatic heterocycles. The molecule has 0 unspecified atom stereocenters. The molecule has 0 saturated carbocycles. The predicted octanol–water partition coefficient (Wildman–Crippen LogP) is 3.49. The summed E-state index contributed by atoms with van der Waals surface area (Å²) in [5.74, 6) is 0.218. The zero-order chi connectivity index (χ0) is 16.7. The number of hydrogen-bond acceptors (Lipinski definition) is 3. The van der Waals surface area contributed by atoms with Crippen LogP contribution in [0.3, 0.4) is 0 Å². The van der Waals surface area contributed by atoms with Gasteiger partial charge in [-0.05, 0) is 36.8 Å². The van der Waals surface area contributed by atoms with Gasteiger partial charge >= 0.3 is 0 Å². The maximum Gasteiger partial charge on any atom is 0.232 e. The fourth-order valence-electron chi connectivity index (χ4n) is 2.75. The largest absolute Gasteiger partial charge is 0.493 e. The smallest absolute Gasteiger partial charge is 0.232 e. The maximum absolute atomic E-state index is 13.0. The Kier molecular flexibility index (Phi) is 3.30. The van der Waals surface area contributed by atoms with Gasteiger partial charge in [-0.3, -0.25) is 0 Å². The highest BCUT2D eigenvalue weighted by Gasteiger charge is 2.18. The standard InChI is InChI=1S/C18H15FN4O/c1-11-14(10-12-6-8-13(19)9-7-12)17(24)23(22-11)18-20-15-4-2-3-5-16(15)21-18/h2-9,24H,10H2,1H3,(H,20,21). The molecule has 6 heteroatoms. The number of aromatic hydroxyl groups is 1. The van der Waals surface area contributed by atoms with Gasteiger partial charge in [0.2, 0.25) is 11.8 Å². The highest BCUT2D eigenvalue weighted by molar-refractivity contribution is 5.76. The van der Waals surface area contributed by atoms with Gasteiger partial charge in [0.15, 0.2) is 0 Å². The lowest BCUT2D eigenvalue weighted by Gasteiger charge is -2.02. The fourth-order valence-corrected chi connectivity index (χ4v) is 2.75.